The zero-order valence-electron chi connectivity index (χ0n) is 22.4. The van der Waals surface area contributed by atoms with Gasteiger partial charge in [0.1, 0.15) is 29.6 Å². The number of nitrogens with zero attached hydrogens (tertiary/aromatic N) is 4. The number of piperazine rings is 1. The Morgan fingerprint density at radius 1 is 1.10 bits per heavy atom. The van der Waals surface area contributed by atoms with Crippen LogP contribution in [0.4, 0.5) is 24.5 Å². The van der Waals surface area contributed by atoms with Crippen LogP contribution >= 0.6 is 0 Å². The van der Waals surface area contributed by atoms with Crippen LogP contribution in [-0.4, -0.2) is 61.0 Å². The van der Waals surface area contributed by atoms with Gasteiger partial charge in [-0.1, -0.05) is 18.2 Å². The number of aryl methyl sites for hydroxylation is 1. The molecule has 1 aliphatic carbocycles. The SMILES string of the molecule is Cc1cccc(CNS(=O)(=O)N2CCN(c3cnn(-c4cc(F)cc(F)c4)c(=O)c3OC3CCC(F)C3)CC2)c1N. The minimum absolute atomic E-state index is 0.0355. The van der Waals surface area contributed by atoms with Crippen molar-refractivity contribution in [2.24, 2.45) is 0 Å². The minimum atomic E-state index is -3.84. The standard InChI is InChI=1S/C27H31F3N6O4S/c1-17-3-2-4-18(25(17)31)15-33-41(38,39)35-9-7-34(8-10-35)24-16-32-36(22-12-20(29)11-21(30)13-22)27(37)26(24)40-23-6-5-19(28)14-23/h2-4,11-13,16,19,23,33H,5-10,14-15,31H2,1H3. The predicted molar refractivity (Wildman–Crippen MR) is 148 cm³/mol. The van der Waals surface area contributed by atoms with E-state index >= 15 is 0 Å². The van der Waals surface area contributed by atoms with E-state index in [1.165, 1.54) is 10.5 Å². The molecule has 14 heteroatoms. The molecule has 2 aromatic carbocycles. The Morgan fingerprint density at radius 3 is 2.46 bits per heavy atom. The number of anilines is 2. The average Bonchev–Trinajstić information content (AvgIpc) is 3.34. The smallest absolute Gasteiger partial charge is 0.316 e. The van der Waals surface area contributed by atoms with Gasteiger partial charge in [0, 0.05) is 50.9 Å². The van der Waals surface area contributed by atoms with Gasteiger partial charge in [-0.2, -0.15) is 27.2 Å². The van der Waals surface area contributed by atoms with E-state index in [9.17, 15) is 26.4 Å². The molecule has 5 rings (SSSR count). The fourth-order valence-electron chi connectivity index (χ4n) is 5.10. The number of halogens is 3. The molecule has 0 bridgehead atoms. The highest BCUT2D eigenvalue weighted by Crippen LogP contribution is 2.31. The van der Waals surface area contributed by atoms with Gasteiger partial charge in [0.05, 0.1) is 11.9 Å². The van der Waals surface area contributed by atoms with Gasteiger partial charge < -0.3 is 15.4 Å². The maximum Gasteiger partial charge on any atom is 0.316 e. The van der Waals surface area contributed by atoms with Gasteiger partial charge in [-0.15, -0.1) is 0 Å². The second-order valence-electron chi connectivity index (χ2n) is 10.2. The monoisotopic (exact) mass is 592 g/mol. The molecule has 2 aliphatic rings. The molecule has 10 nitrogen and oxygen atoms in total. The van der Waals surface area contributed by atoms with Crippen LogP contribution < -0.4 is 25.7 Å². The molecule has 1 saturated heterocycles. The number of nitrogens with two attached hydrogens (primary N) is 1. The van der Waals surface area contributed by atoms with E-state index in [1.807, 2.05) is 13.0 Å². The van der Waals surface area contributed by atoms with Crippen molar-refractivity contribution in [3.63, 3.8) is 0 Å². The van der Waals surface area contributed by atoms with Gasteiger partial charge in [-0.25, -0.2) is 13.2 Å². The third kappa shape index (κ3) is 6.34. The molecule has 0 spiro atoms. The highest BCUT2D eigenvalue weighted by molar-refractivity contribution is 7.87. The number of rotatable bonds is 8. The van der Waals surface area contributed by atoms with Crippen molar-refractivity contribution < 1.29 is 26.3 Å². The molecular weight excluding hydrogens is 561 g/mol. The molecule has 0 amide bonds. The Labute approximate surface area is 235 Å². The van der Waals surface area contributed by atoms with E-state index in [1.54, 1.807) is 17.0 Å². The summed E-state index contributed by atoms with van der Waals surface area (Å²) in [5.74, 6) is -1.90. The summed E-state index contributed by atoms with van der Waals surface area (Å²) in [6.45, 7) is 2.50. The lowest BCUT2D eigenvalue weighted by Crippen LogP contribution is -2.52. The fraction of sp³-hybridized carbons (Fsp3) is 0.407. The molecule has 3 aromatic rings. The van der Waals surface area contributed by atoms with E-state index < -0.39 is 39.7 Å². The number of nitrogen functional groups attached to an aromatic ring is 1. The third-order valence-electron chi connectivity index (χ3n) is 7.39. The van der Waals surface area contributed by atoms with Crippen LogP contribution in [0.5, 0.6) is 5.75 Å². The quantitative estimate of drug-likeness (QED) is 0.386. The highest BCUT2D eigenvalue weighted by Gasteiger charge is 2.32. The molecule has 2 unspecified atom stereocenters. The van der Waals surface area contributed by atoms with E-state index in [-0.39, 0.29) is 50.6 Å². The van der Waals surface area contributed by atoms with Gasteiger partial charge in [-0.05, 0) is 43.0 Å². The van der Waals surface area contributed by atoms with Crippen molar-refractivity contribution in [3.8, 4) is 11.4 Å². The molecule has 1 aliphatic heterocycles. The summed E-state index contributed by atoms with van der Waals surface area (Å²) in [6.07, 6.45) is 0.535. The van der Waals surface area contributed by atoms with Crippen molar-refractivity contribution in [2.75, 3.05) is 36.8 Å². The lowest BCUT2D eigenvalue weighted by Gasteiger charge is -2.36. The van der Waals surface area contributed by atoms with Crippen LogP contribution in [0.3, 0.4) is 0 Å². The average molecular weight is 593 g/mol. The Bertz CT molecular complexity index is 1570. The van der Waals surface area contributed by atoms with Crippen molar-refractivity contribution in [3.05, 3.63) is 75.7 Å². The molecule has 1 aromatic heterocycles. The maximum atomic E-state index is 13.9. The normalized spacial score (nSPS) is 20.0. The lowest BCUT2D eigenvalue weighted by molar-refractivity contribution is 0.193. The summed E-state index contributed by atoms with van der Waals surface area (Å²) in [5.41, 5.74) is 7.52. The highest BCUT2D eigenvalue weighted by atomic mass is 32.2. The Morgan fingerprint density at radius 2 is 1.80 bits per heavy atom. The zero-order valence-corrected chi connectivity index (χ0v) is 23.2. The molecule has 41 heavy (non-hydrogen) atoms. The van der Waals surface area contributed by atoms with E-state index in [0.29, 0.717) is 35.8 Å². The first-order valence-electron chi connectivity index (χ1n) is 13.2. The van der Waals surface area contributed by atoms with Gasteiger partial charge in [0.25, 0.3) is 10.2 Å². The maximum absolute atomic E-state index is 13.9. The van der Waals surface area contributed by atoms with Crippen molar-refractivity contribution in [2.45, 2.75) is 45.0 Å². The second kappa shape index (κ2) is 11.7. The summed E-state index contributed by atoms with van der Waals surface area (Å²) < 4.78 is 78.4. The fourth-order valence-corrected chi connectivity index (χ4v) is 6.26. The summed E-state index contributed by atoms with van der Waals surface area (Å²) in [4.78, 5) is 15.3. The summed E-state index contributed by atoms with van der Waals surface area (Å²) in [6, 6.07) is 8.02. The molecule has 2 heterocycles. The first-order valence-corrected chi connectivity index (χ1v) is 14.7. The number of hydrogen-bond donors (Lipinski definition) is 2. The van der Waals surface area contributed by atoms with Crippen molar-refractivity contribution >= 4 is 21.6 Å². The molecule has 2 atom stereocenters. The number of alkyl halides is 1. The number of para-hydroxylation sites is 1. The van der Waals surface area contributed by atoms with Crippen LogP contribution in [0.25, 0.3) is 5.69 Å². The van der Waals surface area contributed by atoms with E-state index in [0.717, 1.165) is 22.4 Å². The number of benzene rings is 2. The molecule has 0 radical (unpaired) electrons. The summed E-state index contributed by atoms with van der Waals surface area (Å²) in [7, 11) is -3.84. The largest absolute Gasteiger partial charge is 0.483 e. The summed E-state index contributed by atoms with van der Waals surface area (Å²) in [5, 5.41) is 4.12. The zero-order chi connectivity index (χ0) is 29.3. The van der Waals surface area contributed by atoms with Crippen LogP contribution in [0.2, 0.25) is 0 Å². The predicted octanol–water partition coefficient (Wildman–Crippen LogP) is 2.83. The van der Waals surface area contributed by atoms with E-state index in [2.05, 4.69) is 9.82 Å². The third-order valence-corrected chi connectivity index (χ3v) is 8.94. The van der Waals surface area contributed by atoms with Gasteiger partial charge in [-0.3, -0.25) is 4.79 Å². The Balaban J connectivity index is 1.36. The minimum Gasteiger partial charge on any atom is -0.483 e. The van der Waals surface area contributed by atoms with Crippen LogP contribution in [0, 0.1) is 18.6 Å². The molecule has 1 saturated carbocycles. The Kier molecular flexibility index (Phi) is 8.25. The topological polar surface area (TPSA) is 123 Å². The Hall–Kier alpha value is -3.62. The van der Waals surface area contributed by atoms with Gasteiger partial charge in [0.2, 0.25) is 5.75 Å². The van der Waals surface area contributed by atoms with Crippen molar-refractivity contribution in [1.29, 1.82) is 0 Å². The van der Waals surface area contributed by atoms with Crippen LogP contribution in [0.15, 0.2) is 47.4 Å². The molecule has 2 fully saturated rings. The number of aromatic nitrogens is 2. The van der Waals surface area contributed by atoms with Crippen LogP contribution in [-0.2, 0) is 16.8 Å². The molecule has 3 N–H and O–H groups in total. The van der Waals surface area contributed by atoms with E-state index in [4.69, 9.17) is 10.5 Å². The number of hydrogen-bond acceptors (Lipinski definition) is 7. The molecular formula is C27H31F3N6O4S. The van der Waals surface area contributed by atoms with Crippen LogP contribution in [0.1, 0.15) is 30.4 Å². The van der Waals surface area contributed by atoms with Gasteiger partial charge in [0.15, 0.2) is 0 Å². The molecule has 220 valence electrons. The van der Waals surface area contributed by atoms with Crippen molar-refractivity contribution in [1.82, 2.24) is 18.8 Å². The number of nitrogens with one attached hydrogen (secondary N) is 1. The van der Waals surface area contributed by atoms with Gasteiger partial charge >= 0.3 is 5.56 Å². The number of ether oxygens (including phenoxy) is 1. The summed E-state index contributed by atoms with van der Waals surface area (Å²) >= 11 is 0. The lowest BCUT2D eigenvalue weighted by atomic mass is 10.1. The first kappa shape index (κ1) is 28.9. The second-order valence-corrected chi connectivity index (χ2v) is 12.0. The first-order chi connectivity index (χ1) is 19.5.